The molecule has 0 saturated carbocycles. The van der Waals surface area contributed by atoms with E-state index < -0.39 is 0 Å². The van der Waals surface area contributed by atoms with Crippen LogP contribution in [0.5, 0.6) is 0 Å². The number of rotatable bonds is 1. The predicted molar refractivity (Wildman–Crippen MR) is 85.4 cm³/mol. The molecule has 4 aromatic rings. The van der Waals surface area contributed by atoms with E-state index in [2.05, 4.69) is 54.3 Å². The van der Waals surface area contributed by atoms with Crippen molar-refractivity contribution in [2.24, 2.45) is 0 Å². The number of fused-ring (bicyclic) bond motifs is 2. The third-order valence-electron chi connectivity index (χ3n) is 4.15. The molecule has 0 spiro atoms. The van der Waals surface area contributed by atoms with Gasteiger partial charge in [-0.3, -0.25) is 4.98 Å². The van der Waals surface area contributed by atoms with Crippen molar-refractivity contribution in [1.29, 1.82) is 0 Å². The highest BCUT2D eigenvalue weighted by Gasteiger charge is 2.08. The van der Waals surface area contributed by atoms with Gasteiger partial charge in [-0.2, -0.15) is 5.10 Å². The van der Waals surface area contributed by atoms with Gasteiger partial charge in [-0.1, -0.05) is 12.1 Å². The van der Waals surface area contributed by atoms with E-state index in [1.807, 2.05) is 29.2 Å². The van der Waals surface area contributed by atoms with Crippen LogP contribution in [0.25, 0.3) is 27.5 Å². The molecule has 0 N–H and O–H groups in total. The number of aryl methyl sites for hydroxylation is 2. The SMILES string of the molecule is Cc1ccc2c(-c3ccn4nccc4c3)ccnc2c1C. The zero-order valence-electron chi connectivity index (χ0n) is 12.0. The highest BCUT2D eigenvalue weighted by molar-refractivity contribution is 5.96. The molecule has 0 amide bonds. The maximum absolute atomic E-state index is 4.56. The van der Waals surface area contributed by atoms with Gasteiger partial charge in [-0.05, 0) is 60.4 Å². The van der Waals surface area contributed by atoms with Crippen LogP contribution in [0.2, 0.25) is 0 Å². The van der Waals surface area contributed by atoms with Crippen molar-refractivity contribution in [3.63, 3.8) is 0 Å². The first-order valence-corrected chi connectivity index (χ1v) is 7.03. The van der Waals surface area contributed by atoms with E-state index in [-0.39, 0.29) is 0 Å². The summed E-state index contributed by atoms with van der Waals surface area (Å²) in [4.78, 5) is 4.56. The highest BCUT2D eigenvalue weighted by Crippen LogP contribution is 2.30. The standard InChI is InChI=1S/C18H15N3/c1-12-3-4-17-16(6-8-19-18(17)13(12)2)14-7-10-21-15(11-14)5-9-20-21/h3-11H,1-2H3. The van der Waals surface area contributed by atoms with Crippen LogP contribution in [0.15, 0.2) is 55.0 Å². The second-order valence-electron chi connectivity index (χ2n) is 5.38. The molecule has 102 valence electrons. The first-order chi connectivity index (χ1) is 10.2. The Morgan fingerprint density at radius 2 is 1.86 bits per heavy atom. The maximum atomic E-state index is 4.56. The van der Waals surface area contributed by atoms with E-state index in [1.165, 1.54) is 27.6 Å². The second kappa shape index (κ2) is 4.42. The van der Waals surface area contributed by atoms with E-state index in [9.17, 15) is 0 Å². The average molecular weight is 273 g/mol. The number of pyridine rings is 2. The van der Waals surface area contributed by atoms with E-state index >= 15 is 0 Å². The quantitative estimate of drug-likeness (QED) is 0.521. The largest absolute Gasteiger partial charge is 0.256 e. The van der Waals surface area contributed by atoms with Crippen molar-refractivity contribution >= 4 is 16.4 Å². The molecular weight excluding hydrogens is 258 g/mol. The summed E-state index contributed by atoms with van der Waals surface area (Å²) in [6.07, 6.45) is 5.71. The lowest BCUT2D eigenvalue weighted by Gasteiger charge is -2.10. The smallest absolute Gasteiger partial charge is 0.0739 e. The number of hydrogen-bond donors (Lipinski definition) is 0. The summed E-state index contributed by atoms with van der Waals surface area (Å²) >= 11 is 0. The highest BCUT2D eigenvalue weighted by atomic mass is 15.2. The Morgan fingerprint density at radius 3 is 2.76 bits per heavy atom. The van der Waals surface area contributed by atoms with Crippen LogP contribution in [-0.4, -0.2) is 14.6 Å². The van der Waals surface area contributed by atoms with Gasteiger partial charge in [-0.25, -0.2) is 4.52 Å². The van der Waals surface area contributed by atoms with E-state index in [4.69, 9.17) is 0 Å². The summed E-state index contributed by atoms with van der Waals surface area (Å²) in [6, 6.07) is 12.7. The third-order valence-corrected chi connectivity index (χ3v) is 4.15. The normalized spacial score (nSPS) is 11.3. The lowest BCUT2D eigenvalue weighted by molar-refractivity contribution is 0.962. The molecule has 3 heteroatoms. The van der Waals surface area contributed by atoms with Crippen molar-refractivity contribution in [2.45, 2.75) is 13.8 Å². The van der Waals surface area contributed by atoms with Crippen LogP contribution in [0.1, 0.15) is 11.1 Å². The zero-order valence-corrected chi connectivity index (χ0v) is 12.0. The van der Waals surface area contributed by atoms with Crippen LogP contribution >= 0.6 is 0 Å². The van der Waals surface area contributed by atoms with Gasteiger partial charge in [0, 0.05) is 24.0 Å². The van der Waals surface area contributed by atoms with Crippen LogP contribution in [0.3, 0.4) is 0 Å². The minimum absolute atomic E-state index is 1.08. The Balaban J connectivity index is 2.03. The Labute approximate surface area is 122 Å². The summed E-state index contributed by atoms with van der Waals surface area (Å²) in [5, 5.41) is 5.44. The molecule has 4 rings (SSSR count). The molecule has 3 aromatic heterocycles. The van der Waals surface area contributed by atoms with E-state index in [0.717, 1.165) is 11.0 Å². The van der Waals surface area contributed by atoms with Gasteiger partial charge in [0.25, 0.3) is 0 Å². The average Bonchev–Trinajstić information content (AvgIpc) is 2.98. The molecular formula is C18H15N3. The predicted octanol–water partition coefficient (Wildman–Crippen LogP) is 4.17. The number of hydrogen-bond acceptors (Lipinski definition) is 2. The van der Waals surface area contributed by atoms with Gasteiger partial charge in [0.1, 0.15) is 0 Å². The Kier molecular flexibility index (Phi) is 2.54. The molecule has 0 radical (unpaired) electrons. The summed E-state index contributed by atoms with van der Waals surface area (Å²) in [7, 11) is 0. The van der Waals surface area contributed by atoms with E-state index in [0.29, 0.717) is 0 Å². The molecule has 0 aliphatic heterocycles. The molecule has 0 aliphatic rings. The van der Waals surface area contributed by atoms with Gasteiger partial charge >= 0.3 is 0 Å². The van der Waals surface area contributed by atoms with Gasteiger partial charge in [0.15, 0.2) is 0 Å². The van der Waals surface area contributed by atoms with Gasteiger partial charge in [0.2, 0.25) is 0 Å². The number of aromatic nitrogens is 3. The Bertz CT molecular complexity index is 967. The zero-order chi connectivity index (χ0) is 14.4. The first-order valence-electron chi connectivity index (χ1n) is 7.03. The Hall–Kier alpha value is -2.68. The number of nitrogens with zero attached hydrogens (tertiary/aromatic N) is 3. The van der Waals surface area contributed by atoms with Crippen molar-refractivity contribution in [3.8, 4) is 11.1 Å². The minimum atomic E-state index is 1.08. The lowest BCUT2D eigenvalue weighted by Crippen LogP contribution is -1.91. The molecule has 3 heterocycles. The summed E-state index contributed by atoms with van der Waals surface area (Å²) < 4.78 is 1.88. The van der Waals surface area contributed by atoms with Crippen molar-refractivity contribution in [2.75, 3.05) is 0 Å². The summed E-state index contributed by atoms with van der Waals surface area (Å²) in [5.41, 5.74) is 7.12. The number of benzene rings is 1. The molecule has 1 aromatic carbocycles. The molecule has 0 fully saturated rings. The molecule has 21 heavy (non-hydrogen) atoms. The fourth-order valence-corrected chi connectivity index (χ4v) is 2.80. The van der Waals surface area contributed by atoms with E-state index in [1.54, 1.807) is 0 Å². The van der Waals surface area contributed by atoms with Crippen molar-refractivity contribution in [1.82, 2.24) is 14.6 Å². The monoisotopic (exact) mass is 273 g/mol. The topological polar surface area (TPSA) is 30.2 Å². The van der Waals surface area contributed by atoms with Crippen molar-refractivity contribution in [3.05, 3.63) is 66.1 Å². The summed E-state index contributed by atoms with van der Waals surface area (Å²) in [6.45, 7) is 4.26. The summed E-state index contributed by atoms with van der Waals surface area (Å²) in [5.74, 6) is 0. The molecule has 0 atom stereocenters. The maximum Gasteiger partial charge on any atom is 0.0739 e. The van der Waals surface area contributed by atoms with Crippen LogP contribution in [-0.2, 0) is 0 Å². The molecule has 0 bridgehead atoms. The van der Waals surface area contributed by atoms with Gasteiger partial charge < -0.3 is 0 Å². The second-order valence-corrected chi connectivity index (χ2v) is 5.38. The molecule has 0 aliphatic carbocycles. The van der Waals surface area contributed by atoms with Gasteiger partial charge in [-0.15, -0.1) is 0 Å². The molecule has 3 nitrogen and oxygen atoms in total. The van der Waals surface area contributed by atoms with Crippen LogP contribution in [0, 0.1) is 13.8 Å². The fourth-order valence-electron chi connectivity index (χ4n) is 2.80. The van der Waals surface area contributed by atoms with Crippen LogP contribution in [0.4, 0.5) is 0 Å². The minimum Gasteiger partial charge on any atom is -0.256 e. The molecule has 0 unspecified atom stereocenters. The van der Waals surface area contributed by atoms with Crippen LogP contribution < -0.4 is 0 Å². The third kappa shape index (κ3) is 1.82. The fraction of sp³-hybridized carbons (Fsp3) is 0.111. The van der Waals surface area contributed by atoms with Crippen molar-refractivity contribution < 1.29 is 0 Å². The molecule has 0 saturated heterocycles. The first kappa shape index (κ1) is 12.1. The lowest BCUT2D eigenvalue weighted by atomic mass is 9.98. The Morgan fingerprint density at radius 1 is 0.952 bits per heavy atom. The van der Waals surface area contributed by atoms with Gasteiger partial charge in [0.05, 0.1) is 11.0 Å².